The Labute approximate surface area is 129 Å². The van der Waals surface area contributed by atoms with E-state index in [1.807, 2.05) is 12.1 Å². The lowest BCUT2D eigenvalue weighted by Crippen LogP contribution is -2.18. The van der Waals surface area contributed by atoms with Crippen molar-refractivity contribution in [3.05, 3.63) is 29.8 Å². The van der Waals surface area contributed by atoms with Gasteiger partial charge in [0.25, 0.3) is 0 Å². The van der Waals surface area contributed by atoms with Crippen LogP contribution in [0.1, 0.15) is 48.9 Å². The molecule has 0 atom stereocenters. The maximum absolute atomic E-state index is 12.3. The topological polar surface area (TPSA) is 69.4 Å². The molecule has 0 aliphatic heterocycles. The number of esters is 1. The number of thioether (sulfide) groups is 1. The smallest absolute Gasteiger partial charge is 0.339 e. The first kappa shape index (κ1) is 15.9. The number of primary amides is 1. The average molecular weight is 307 g/mol. The van der Waals surface area contributed by atoms with Gasteiger partial charge in [0, 0.05) is 4.90 Å². The van der Waals surface area contributed by atoms with Crippen LogP contribution < -0.4 is 5.73 Å². The largest absolute Gasteiger partial charge is 0.459 e. The van der Waals surface area contributed by atoms with Crippen LogP contribution in [0.5, 0.6) is 0 Å². The summed E-state index contributed by atoms with van der Waals surface area (Å²) < 4.78 is 5.64. The Morgan fingerprint density at radius 3 is 2.48 bits per heavy atom. The summed E-state index contributed by atoms with van der Waals surface area (Å²) in [4.78, 5) is 24.0. The number of carbonyl (C=O) groups is 2. The van der Waals surface area contributed by atoms with Crippen LogP contribution in [0, 0.1) is 0 Å². The lowest BCUT2D eigenvalue weighted by molar-refractivity contribution is -0.115. The number of benzene rings is 1. The molecule has 5 heteroatoms. The van der Waals surface area contributed by atoms with Gasteiger partial charge in [0.2, 0.25) is 5.91 Å². The number of hydrogen-bond acceptors (Lipinski definition) is 4. The van der Waals surface area contributed by atoms with E-state index in [0.29, 0.717) is 5.56 Å². The van der Waals surface area contributed by atoms with Crippen LogP contribution in [0.3, 0.4) is 0 Å². The predicted molar refractivity (Wildman–Crippen MR) is 83.3 cm³/mol. The third-order valence-corrected chi connectivity index (χ3v) is 4.65. The van der Waals surface area contributed by atoms with Gasteiger partial charge in [-0.2, -0.15) is 0 Å². The average Bonchev–Trinajstić information content (AvgIpc) is 2.74. The fraction of sp³-hybridized carbons (Fsp3) is 0.500. The molecule has 2 N–H and O–H groups in total. The highest BCUT2D eigenvalue weighted by molar-refractivity contribution is 8.00. The summed E-state index contributed by atoms with van der Waals surface area (Å²) in [5.74, 6) is -0.533. The molecule has 1 amide bonds. The van der Waals surface area contributed by atoms with E-state index >= 15 is 0 Å². The van der Waals surface area contributed by atoms with Crippen molar-refractivity contribution in [1.82, 2.24) is 0 Å². The molecule has 1 fully saturated rings. The third kappa shape index (κ3) is 5.08. The van der Waals surface area contributed by atoms with Gasteiger partial charge in [-0.05, 0) is 37.8 Å². The Morgan fingerprint density at radius 1 is 1.14 bits per heavy atom. The molecule has 2 rings (SSSR count). The molecule has 114 valence electrons. The van der Waals surface area contributed by atoms with Crippen LogP contribution in [0.15, 0.2) is 29.2 Å². The van der Waals surface area contributed by atoms with Gasteiger partial charge in [0.05, 0.1) is 11.3 Å². The molecule has 0 radical (unpaired) electrons. The maximum Gasteiger partial charge on any atom is 0.339 e. The van der Waals surface area contributed by atoms with Gasteiger partial charge < -0.3 is 10.5 Å². The van der Waals surface area contributed by atoms with Crippen molar-refractivity contribution in [3.8, 4) is 0 Å². The van der Waals surface area contributed by atoms with E-state index in [2.05, 4.69) is 0 Å². The first-order valence-corrected chi connectivity index (χ1v) is 8.36. The Kier molecular flexibility index (Phi) is 6.11. The molecule has 0 unspecified atom stereocenters. The van der Waals surface area contributed by atoms with Crippen molar-refractivity contribution < 1.29 is 14.3 Å². The van der Waals surface area contributed by atoms with Crippen molar-refractivity contribution in [1.29, 1.82) is 0 Å². The monoisotopic (exact) mass is 307 g/mol. The molecule has 1 saturated carbocycles. The van der Waals surface area contributed by atoms with Crippen LogP contribution >= 0.6 is 11.8 Å². The normalized spacial score (nSPS) is 16.2. The first-order valence-electron chi connectivity index (χ1n) is 7.38. The van der Waals surface area contributed by atoms with Gasteiger partial charge in [0.1, 0.15) is 6.10 Å². The fourth-order valence-corrected chi connectivity index (χ4v) is 3.26. The molecule has 1 aromatic rings. The van der Waals surface area contributed by atoms with Crippen LogP contribution in [-0.2, 0) is 9.53 Å². The Morgan fingerprint density at radius 2 is 1.81 bits per heavy atom. The molecule has 0 bridgehead atoms. The van der Waals surface area contributed by atoms with Gasteiger partial charge in [-0.1, -0.05) is 25.0 Å². The number of rotatable bonds is 5. The minimum atomic E-state index is -0.396. The van der Waals surface area contributed by atoms with Gasteiger partial charge >= 0.3 is 5.97 Å². The lowest BCUT2D eigenvalue weighted by Gasteiger charge is -2.16. The predicted octanol–water partition coefficient (Wildman–Crippen LogP) is 3.14. The van der Waals surface area contributed by atoms with Crippen molar-refractivity contribution in [2.45, 2.75) is 49.5 Å². The summed E-state index contributed by atoms with van der Waals surface area (Å²) in [7, 11) is 0. The number of hydrogen-bond donors (Lipinski definition) is 1. The first-order chi connectivity index (χ1) is 10.2. The molecule has 1 aliphatic carbocycles. The number of nitrogens with two attached hydrogens (primary N) is 1. The van der Waals surface area contributed by atoms with Gasteiger partial charge in [-0.15, -0.1) is 11.8 Å². The zero-order valence-corrected chi connectivity index (χ0v) is 12.9. The molecule has 0 saturated heterocycles. The second-order valence-corrected chi connectivity index (χ2v) is 6.29. The second kappa shape index (κ2) is 8.08. The molecule has 1 aliphatic rings. The summed E-state index contributed by atoms with van der Waals surface area (Å²) in [5, 5.41) is 0. The summed E-state index contributed by atoms with van der Waals surface area (Å²) >= 11 is 1.27. The zero-order valence-electron chi connectivity index (χ0n) is 12.0. The molecule has 21 heavy (non-hydrogen) atoms. The molecule has 0 heterocycles. The molecular formula is C16H21NO3S. The van der Waals surface area contributed by atoms with Crippen molar-refractivity contribution in [2.75, 3.05) is 5.75 Å². The van der Waals surface area contributed by atoms with Gasteiger partial charge in [-0.3, -0.25) is 4.79 Å². The number of amides is 1. The second-order valence-electron chi connectivity index (χ2n) is 5.27. The van der Waals surface area contributed by atoms with E-state index in [9.17, 15) is 9.59 Å². The van der Waals surface area contributed by atoms with Gasteiger partial charge in [0.15, 0.2) is 0 Å². The van der Waals surface area contributed by atoms with Crippen molar-refractivity contribution in [3.63, 3.8) is 0 Å². The fourth-order valence-electron chi connectivity index (χ4n) is 2.48. The highest BCUT2D eigenvalue weighted by Crippen LogP contribution is 2.25. The van der Waals surface area contributed by atoms with Crippen molar-refractivity contribution in [2.24, 2.45) is 5.73 Å². The highest BCUT2D eigenvalue weighted by Gasteiger charge is 2.20. The Balaban J connectivity index is 2.02. The third-order valence-electron chi connectivity index (χ3n) is 3.55. The van der Waals surface area contributed by atoms with E-state index in [-0.39, 0.29) is 17.8 Å². The lowest BCUT2D eigenvalue weighted by atomic mass is 10.1. The van der Waals surface area contributed by atoms with E-state index in [1.165, 1.54) is 24.6 Å². The molecule has 1 aromatic carbocycles. The van der Waals surface area contributed by atoms with E-state index in [4.69, 9.17) is 10.5 Å². The van der Waals surface area contributed by atoms with Crippen molar-refractivity contribution >= 4 is 23.6 Å². The van der Waals surface area contributed by atoms with E-state index in [1.54, 1.807) is 12.1 Å². The van der Waals surface area contributed by atoms with Crippen LogP contribution in [0.2, 0.25) is 0 Å². The number of ether oxygens (including phenoxy) is 1. The Bertz CT molecular complexity index is 496. The molecule has 4 nitrogen and oxygen atoms in total. The van der Waals surface area contributed by atoms with Crippen LogP contribution in [-0.4, -0.2) is 23.7 Å². The van der Waals surface area contributed by atoms with Crippen LogP contribution in [0.4, 0.5) is 0 Å². The van der Waals surface area contributed by atoms with E-state index < -0.39 is 5.91 Å². The SMILES string of the molecule is NC(=O)CSc1ccccc1C(=O)OC1CCCCCC1. The number of carbonyl (C=O) groups excluding carboxylic acids is 2. The minimum Gasteiger partial charge on any atom is -0.459 e. The molecule has 0 aromatic heterocycles. The molecular weight excluding hydrogens is 286 g/mol. The highest BCUT2D eigenvalue weighted by atomic mass is 32.2. The quantitative estimate of drug-likeness (QED) is 0.515. The summed E-state index contributed by atoms with van der Waals surface area (Å²) in [6.07, 6.45) is 6.60. The van der Waals surface area contributed by atoms with Crippen LogP contribution in [0.25, 0.3) is 0 Å². The molecule has 0 spiro atoms. The van der Waals surface area contributed by atoms with E-state index in [0.717, 1.165) is 30.6 Å². The van der Waals surface area contributed by atoms with Gasteiger partial charge in [-0.25, -0.2) is 4.79 Å². The summed E-state index contributed by atoms with van der Waals surface area (Å²) in [5.41, 5.74) is 5.68. The Hall–Kier alpha value is -1.49. The maximum atomic E-state index is 12.3. The summed E-state index contributed by atoms with van der Waals surface area (Å²) in [6.45, 7) is 0. The summed E-state index contributed by atoms with van der Waals surface area (Å²) in [6, 6.07) is 7.20. The minimum absolute atomic E-state index is 0.0224. The zero-order chi connectivity index (χ0) is 15.1. The standard InChI is InChI=1S/C16H21NO3S/c17-15(18)11-21-14-10-6-5-9-13(14)16(19)20-12-7-3-1-2-4-8-12/h5-6,9-10,12H,1-4,7-8,11H2,(H2,17,18).